The van der Waals surface area contributed by atoms with Gasteiger partial charge in [0.2, 0.25) is 0 Å². The fourth-order valence-corrected chi connectivity index (χ4v) is 1.46. The van der Waals surface area contributed by atoms with Crippen molar-refractivity contribution in [3.63, 3.8) is 0 Å². The number of rotatable bonds is 6. The molecular weight excluding hydrogens is 232 g/mol. The van der Waals surface area contributed by atoms with Crippen LogP contribution >= 0.6 is 0 Å². The van der Waals surface area contributed by atoms with Crippen LogP contribution in [0.15, 0.2) is 30.9 Å². The largest absolute Gasteiger partial charge is 0.493 e. The van der Waals surface area contributed by atoms with Crippen LogP contribution < -0.4 is 20.7 Å². The third-order valence-corrected chi connectivity index (χ3v) is 2.42. The van der Waals surface area contributed by atoms with E-state index in [2.05, 4.69) is 6.58 Å². The molecule has 1 aromatic carbocycles. The van der Waals surface area contributed by atoms with E-state index in [0.717, 1.165) is 12.0 Å². The molecule has 0 spiro atoms. The maximum Gasteiger partial charge on any atom is 0.274 e. The highest BCUT2D eigenvalue weighted by atomic mass is 16.5. The Hall–Kier alpha value is -2.01. The van der Waals surface area contributed by atoms with Gasteiger partial charge in [-0.15, -0.1) is 6.58 Å². The first kappa shape index (κ1) is 14.1. The molecule has 0 saturated carbocycles. The second kappa shape index (κ2) is 6.66. The number of hydrogen-bond acceptors (Lipinski definition) is 4. The zero-order valence-corrected chi connectivity index (χ0v) is 10.6. The van der Waals surface area contributed by atoms with Crippen LogP contribution in [0.4, 0.5) is 0 Å². The van der Waals surface area contributed by atoms with Crippen molar-refractivity contribution < 1.29 is 14.3 Å². The summed E-state index contributed by atoms with van der Waals surface area (Å²) in [5.41, 5.74) is 3.10. The molecule has 0 aliphatic carbocycles. The summed E-state index contributed by atoms with van der Waals surface area (Å²) >= 11 is 0. The molecule has 0 aliphatic heterocycles. The van der Waals surface area contributed by atoms with Gasteiger partial charge in [0.15, 0.2) is 17.6 Å². The van der Waals surface area contributed by atoms with Crippen LogP contribution in [-0.4, -0.2) is 19.1 Å². The molecule has 0 saturated heterocycles. The van der Waals surface area contributed by atoms with E-state index in [0.29, 0.717) is 11.5 Å². The lowest BCUT2D eigenvalue weighted by atomic mass is 10.1. The minimum Gasteiger partial charge on any atom is -0.493 e. The third kappa shape index (κ3) is 3.49. The zero-order valence-electron chi connectivity index (χ0n) is 10.6. The molecule has 3 N–H and O–H groups in total. The first-order valence-corrected chi connectivity index (χ1v) is 5.57. The predicted octanol–water partition coefficient (Wildman–Crippen LogP) is 1.18. The van der Waals surface area contributed by atoms with Gasteiger partial charge in [-0.25, -0.2) is 5.84 Å². The van der Waals surface area contributed by atoms with Crippen LogP contribution in [0.25, 0.3) is 0 Å². The molecule has 1 atom stereocenters. The number of nitrogens with two attached hydrogens (primary N) is 1. The van der Waals surface area contributed by atoms with Crippen LogP contribution in [0, 0.1) is 0 Å². The number of methoxy groups -OCH3 is 1. The van der Waals surface area contributed by atoms with Gasteiger partial charge in [0.05, 0.1) is 7.11 Å². The van der Waals surface area contributed by atoms with Gasteiger partial charge >= 0.3 is 0 Å². The van der Waals surface area contributed by atoms with Gasteiger partial charge in [-0.1, -0.05) is 12.1 Å². The summed E-state index contributed by atoms with van der Waals surface area (Å²) < 4.78 is 10.7. The second-order valence-corrected chi connectivity index (χ2v) is 3.75. The van der Waals surface area contributed by atoms with E-state index in [-0.39, 0.29) is 0 Å². The standard InChI is InChI=1S/C13H18N2O3/c1-4-5-10-6-7-11(12(8-10)17-3)18-9(2)13(16)15-14/h4,6-9H,1,5,14H2,2-3H3,(H,15,16). The molecule has 5 heteroatoms. The predicted molar refractivity (Wildman–Crippen MR) is 69.3 cm³/mol. The molecule has 0 aromatic heterocycles. The van der Waals surface area contributed by atoms with Crippen LogP contribution in [-0.2, 0) is 11.2 Å². The summed E-state index contributed by atoms with van der Waals surface area (Å²) in [5, 5.41) is 0. The molecule has 1 aromatic rings. The zero-order chi connectivity index (χ0) is 13.5. The van der Waals surface area contributed by atoms with Gasteiger partial charge in [-0.05, 0) is 31.0 Å². The molecule has 18 heavy (non-hydrogen) atoms. The number of amides is 1. The van der Waals surface area contributed by atoms with Crippen molar-refractivity contribution in [2.45, 2.75) is 19.4 Å². The molecule has 0 heterocycles. The van der Waals surface area contributed by atoms with Gasteiger partial charge in [0, 0.05) is 0 Å². The van der Waals surface area contributed by atoms with E-state index < -0.39 is 12.0 Å². The topological polar surface area (TPSA) is 73.6 Å². The number of ether oxygens (including phenoxy) is 2. The first-order chi connectivity index (χ1) is 8.62. The average molecular weight is 250 g/mol. The molecule has 0 fully saturated rings. The fourth-order valence-electron chi connectivity index (χ4n) is 1.46. The van der Waals surface area contributed by atoms with Gasteiger partial charge in [0.25, 0.3) is 5.91 Å². The molecule has 1 rings (SSSR count). The van der Waals surface area contributed by atoms with E-state index in [1.807, 2.05) is 17.6 Å². The van der Waals surface area contributed by atoms with Crippen LogP contribution in [0.1, 0.15) is 12.5 Å². The van der Waals surface area contributed by atoms with Crippen LogP contribution in [0.2, 0.25) is 0 Å². The monoisotopic (exact) mass is 250 g/mol. The fraction of sp³-hybridized carbons (Fsp3) is 0.308. The number of hydrazine groups is 1. The number of nitrogens with one attached hydrogen (secondary N) is 1. The summed E-state index contributed by atoms with van der Waals surface area (Å²) in [6.45, 7) is 5.29. The minimum absolute atomic E-state index is 0.396. The lowest BCUT2D eigenvalue weighted by Crippen LogP contribution is -2.40. The van der Waals surface area contributed by atoms with Gasteiger partial charge in [-0.3, -0.25) is 10.2 Å². The molecule has 0 aliphatic rings. The van der Waals surface area contributed by atoms with E-state index in [1.54, 1.807) is 26.2 Å². The highest BCUT2D eigenvalue weighted by Crippen LogP contribution is 2.29. The Labute approximate surface area is 107 Å². The molecule has 0 radical (unpaired) electrons. The maximum absolute atomic E-state index is 11.3. The average Bonchev–Trinajstić information content (AvgIpc) is 2.39. The van der Waals surface area contributed by atoms with Crippen molar-refractivity contribution in [3.05, 3.63) is 36.4 Å². The summed E-state index contributed by atoms with van der Waals surface area (Å²) in [6.07, 6.45) is 1.86. The molecular formula is C13H18N2O3. The van der Waals surface area contributed by atoms with Crippen molar-refractivity contribution in [2.75, 3.05) is 7.11 Å². The van der Waals surface area contributed by atoms with Crippen LogP contribution in [0.3, 0.4) is 0 Å². The van der Waals surface area contributed by atoms with Crippen molar-refractivity contribution >= 4 is 5.91 Å². The molecule has 98 valence electrons. The highest BCUT2D eigenvalue weighted by Gasteiger charge is 2.15. The lowest BCUT2D eigenvalue weighted by Gasteiger charge is -2.16. The Morgan fingerprint density at radius 2 is 2.28 bits per heavy atom. The summed E-state index contributed by atoms with van der Waals surface area (Å²) in [5.74, 6) is 5.72. The molecule has 0 bridgehead atoms. The normalized spacial score (nSPS) is 11.5. The second-order valence-electron chi connectivity index (χ2n) is 3.75. The quantitative estimate of drug-likeness (QED) is 0.344. The lowest BCUT2D eigenvalue weighted by molar-refractivity contribution is -0.127. The van der Waals surface area contributed by atoms with Crippen molar-refractivity contribution in [1.82, 2.24) is 5.43 Å². The third-order valence-electron chi connectivity index (χ3n) is 2.42. The minimum atomic E-state index is -0.686. The van der Waals surface area contributed by atoms with Gasteiger partial charge in [-0.2, -0.15) is 0 Å². The summed E-state index contributed by atoms with van der Waals surface area (Å²) in [7, 11) is 1.55. The number of benzene rings is 1. The Morgan fingerprint density at radius 1 is 1.56 bits per heavy atom. The highest BCUT2D eigenvalue weighted by molar-refractivity contribution is 5.80. The van der Waals surface area contributed by atoms with E-state index in [4.69, 9.17) is 15.3 Å². The summed E-state index contributed by atoms with van der Waals surface area (Å²) in [6, 6.07) is 5.51. The maximum atomic E-state index is 11.3. The molecule has 1 unspecified atom stereocenters. The number of carbonyl (C=O) groups is 1. The summed E-state index contributed by atoms with van der Waals surface area (Å²) in [4.78, 5) is 11.3. The first-order valence-electron chi connectivity index (χ1n) is 5.57. The van der Waals surface area contributed by atoms with E-state index in [1.165, 1.54) is 0 Å². The molecule has 5 nitrogen and oxygen atoms in total. The van der Waals surface area contributed by atoms with Gasteiger partial charge < -0.3 is 9.47 Å². The molecule has 1 amide bonds. The van der Waals surface area contributed by atoms with Gasteiger partial charge in [0.1, 0.15) is 0 Å². The Bertz CT molecular complexity index is 432. The number of hydrogen-bond donors (Lipinski definition) is 2. The van der Waals surface area contributed by atoms with Crippen LogP contribution in [0.5, 0.6) is 11.5 Å². The Morgan fingerprint density at radius 3 is 2.83 bits per heavy atom. The smallest absolute Gasteiger partial charge is 0.274 e. The Balaban J connectivity index is 2.88. The van der Waals surface area contributed by atoms with Crippen molar-refractivity contribution in [3.8, 4) is 11.5 Å². The number of carbonyl (C=O) groups excluding carboxylic acids is 1. The van der Waals surface area contributed by atoms with Crippen molar-refractivity contribution in [1.29, 1.82) is 0 Å². The van der Waals surface area contributed by atoms with E-state index in [9.17, 15) is 4.79 Å². The Kier molecular flexibility index (Phi) is 5.20. The number of allylic oxidation sites excluding steroid dienone is 1. The SMILES string of the molecule is C=CCc1ccc(OC(C)C(=O)NN)c(OC)c1. The van der Waals surface area contributed by atoms with Crippen molar-refractivity contribution in [2.24, 2.45) is 5.84 Å². The van der Waals surface area contributed by atoms with E-state index >= 15 is 0 Å².